The minimum atomic E-state index is 0.722. The van der Waals surface area contributed by atoms with Gasteiger partial charge in [-0.15, -0.1) is 0 Å². The Morgan fingerprint density at radius 3 is 2.00 bits per heavy atom. The molecule has 0 aromatic heterocycles. The minimum absolute atomic E-state index is 0.722. The molecule has 1 rings (SSSR count). The Bertz CT molecular complexity index is 215. The maximum absolute atomic E-state index is 5.75. The van der Waals surface area contributed by atoms with Crippen LogP contribution in [0.5, 0.6) is 0 Å². The zero-order valence-corrected chi connectivity index (χ0v) is 9.21. The van der Waals surface area contributed by atoms with E-state index in [1.807, 2.05) is 12.1 Å². The predicted octanol–water partition coefficient (Wildman–Crippen LogP) is 2.13. The summed E-state index contributed by atoms with van der Waals surface area (Å²) < 4.78 is 0. The van der Waals surface area contributed by atoms with Crippen LogP contribution in [0.1, 0.15) is 5.56 Å². The molecule has 1 atom stereocenters. The van der Waals surface area contributed by atoms with Gasteiger partial charge in [0.1, 0.15) is 0 Å². The fourth-order valence-corrected chi connectivity index (χ4v) is 1.79. The van der Waals surface area contributed by atoms with Crippen LogP contribution in [0, 0.1) is 0 Å². The van der Waals surface area contributed by atoms with Gasteiger partial charge in [-0.2, -0.15) is 0 Å². The molecular weight excluding hydrogens is 230 g/mol. The second kappa shape index (κ2) is 3.66. The zero-order valence-electron chi connectivity index (χ0n) is 5.27. The van der Waals surface area contributed by atoms with Crippen molar-refractivity contribution in [1.29, 1.82) is 0 Å². The number of benzene rings is 1. The molecule has 1 unspecified atom stereocenters. The molecule has 0 nitrogen and oxygen atoms in total. The molecule has 10 heavy (non-hydrogen) atoms. The van der Waals surface area contributed by atoms with Crippen molar-refractivity contribution in [3.05, 3.63) is 33.8 Å². The van der Waals surface area contributed by atoms with Crippen molar-refractivity contribution >= 4 is 40.1 Å². The summed E-state index contributed by atoms with van der Waals surface area (Å²) in [6.45, 7) is 0. The molecule has 0 amide bonds. The summed E-state index contributed by atoms with van der Waals surface area (Å²) in [5, 5.41) is 2.48. The Morgan fingerprint density at radius 1 is 1.10 bits per heavy atom. The molecule has 0 saturated heterocycles. The third-order valence-corrected chi connectivity index (χ3v) is 2.58. The molecular formula is C7H7AsCl2. The van der Waals surface area contributed by atoms with Crippen LogP contribution in [0.25, 0.3) is 0 Å². The van der Waals surface area contributed by atoms with E-state index in [4.69, 9.17) is 23.2 Å². The van der Waals surface area contributed by atoms with E-state index >= 15 is 0 Å². The van der Waals surface area contributed by atoms with Crippen LogP contribution in [0.2, 0.25) is 10.0 Å². The van der Waals surface area contributed by atoms with Crippen LogP contribution in [0.4, 0.5) is 0 Å². The normalized spacial score (nSPS) is 9.90. The van der Waals surface area contributed by atoms with Crippen LogP contribution in [0.3, 0.4) is 0 Å². The van der Waals surface area contributed by atoms with Gasteiger partial charge >= 0.3 is 79.1 Å². The van der Waals surface area contributed by atoms with Gasteiger partial charge < -0.3 is 0 Å². The molecule has 0 aliphatic rings. The van der Waals surface area contributed by atoms with Crippen LogP contribution in [-0.4, -0.2) is 16.9 Å². The summed E-state index contributed by atoms with van der Waals surface area (Å²) in [6.07, 6.45) is 0. The first-order chi connectivity index (χ1) is 4.72. The quantitative estimate of drug-likeness (QED) is 0.656. The molecule has 0 heterocycles. The molecule has 1 aromatic rings. The Morgan fingerprint density at radius 2 is 1.60 bits per heavy atom. The topological polar surface area (TPSA) is 0 Å². The van der Waals surface area contributed by atoms with E-state index in [1.54, 1.807) is 22.9 Å². The van der Waals surface area contributed by atoms with Crippen molar-refractivity contribution in [2.24, 2.45) is 0 Å². The molecule has 0 saturated carbocycles. The zero-order chi connectivity index (χ0) is 7.56. The van der Waals surface area contributed by atoms with Gasteiger partial charge in [-0.1, -0.05) is 0 Å². The van der Waals surface area contributed by atoms with Crippen LogP contribution in [0.15, 0.2) is 18.2 Å². The molecule has 0 radical (unpaired) electrons. The van der Waals surface area contributed by atoms with E-state index in [9.17, 15) is 0 Å². The first kappa shape index (κ1) is 8.45. The van der Waals surface area contributed by atoms with Crippen molar-refractivity contribution in [3.8, 4) is 0 Å². The average Bonchev–Trinajstić information content (AvgIpc) is 1.85. The first-order valence-electron chi connectivity index (χ1n) is 2.87. The van der Waals surface area contributed by atoms with Gasteiger partial charge in [0.25, 0.3) is 0 Å². The van der Waals surface area contributed by atoms with Gasteiger partial charge in [0, 0.05) is 0 Å². The van der Waals surface area contributed by atoms with Gasteiger partial charge in [0.2, 0.25) is 0 Å². The summed E-state index contributed by atoms with van der Waals surface area (Å²) in [5.41, 5.74) is 1.21. The maximum atomic E-state index is 5.75. The van der Waals surface area contributed by atoms with E-state index in [-0.39, 0.29) is 0 Å². The van der Waals surface area contributed by atoms with E-state index < -0.39 is 0 Å². The second-order valence-electron chi connectivity index (χ2n) is 1.98. The molecule has 1 aromatic carbocycles. The van der Waals surface area contributed by atoms with Gasteiger partial charge in [-0.25, -0.2) is 0 Å². The number of halogens is 2. The fourth-order valence-electron chi connectivity index (χ4n) is 0.729. The molecule has 0 bridgehead atoms. The van der Waals surface area contributed by atoms with Gasteiger partial charge in [-0.3, -0.25) is 0 Å². The van der Waals surface area contributed by atoms with E-state index in [0.29, 0.717) is 0 Å². The fraction of sp³-hybridized carbons (Fsp3) is 0.143. The third-order valence-electron chi connectivity index (χ3n) is 1.16. The summed E-state index contributed by atoms with van der Waals surface area (Å²) >= 11 is 13.2. The van der Waals surface area contributed by atoms with Crippen molar-refractivity contribution in [2.75, 3.05) is 0 Å². The SMILES string of the molecule is Clc1cc(Cl)cc(C[AsH2])c1. The van der Waals surface area contributed by atoms with E-state index in [2.05, 4.69) is 0 Å². The Balaban J connectivity index is 3.06. The van der Waals surface area contributed by atoms with Crippen LogP contribution < -0.4 is 0 Å². The predicted molar refractivity (Wildman–Crippen MR) is 48.7 cm³/mol. The Labute approximate surface area is 79.0 Å². The second-order valence-corrected chi connectivity index (χ2v) is 3.71. The van der Waals surface area contributed by atoms with Gasteiger partial charge in [0.15, 0.2) is 0 Å². The molecule has 0 aliphatic carbocycles. The van der Waals surface area contributed by atoms with E-state index in [0.717, 1.165) is 15.3 Å². The molecule has 0 N–H and O–H groups in total. The Hall–Kier alpha value is 0.358. The van der Waals surface area contributed by atoms with E-state index in [1.165, 1.54) is 5.56 Å². The summed E-state index contributed by atoms with van der Waals surface area (Å²) in [5.74, 6) is 0. The van der Waals surface area contributed by atoms with Gasteiger partial charge in [0.05, 0.1) is 0 Å². The monoisotopic (exact) mass is 236 g/mol. The molecule has 0 fully saturated rings. The molecule has 54 valence electrons. The third kappa shape index (κ3) is 2.20. The van der Waals surface area contributed by atoms with Crippen molar-refractivity contribution in [1.82, 2.24) is 0 Å². The average molecular weight is 237 g/mol. The molecule has 0 spiro atoms. The van der Waals surface area contributed by atoms with Gasteiger partial charge in [-0.05, 0) is 0 Å². The summed E-state index contributed by atoms with van der Waals surface area (Å²) in [4.78, 5) is 0. The first-order valence-corrected chi connectivity index (χ1v) is 5.34. The number of hydrogen-bond acceptors (Lipinski definition) is 0. The summed E-state index contributed by atoms with van der Waals surface area (Å²) in [7, 11) is 0. The van der Waals surface area contributed by atoms with Crippen LogP contribution in [-0.2, 0) is 5.21 Å². The van der Waals surface area contributed by atoms with Crippen molar-refractivity contribution < 1.29 is 0 Å². The van der Waals surface area contributed by atoms with Crippen molar-refractivity contribution in [2.45, 2.75) is 5.21 Å². The number of hydrogen-bond donors (Lipinski definition) is 0. The molecule has 0 aliphatic heterocycles. The summed E-state index contributed by atoms with van der Waals surface area (Å²) in [6, 6.07) is 5.62. The number of rotatable bonds is 1. The van der Waals surface area contributed by atoms with Crippen molar-refractivity contribution in [3.63, 3.8) is 0 Å². The molecule has 3 heteroatoms. The Kier molecular flexibility index (Phi) is 3.10. The van der Waals surface area contributed by atoms with Crippen LogP contribution >= 0.6 is 23.2 Å². The standard InChI is InChI=1S/C7H7AsCl2/c8-4-5-1-6(9)3-7(10)2-5/h1-3H,4,8H2.